The van der Waals surface area contributed by atoms with Crippen LogP contribution in [0.3, 0.4) is 0 Å². The molecule has 1 aromatic heterocycles. The molecule has 0 radical (unpaired) electrons. The summed E-state index contributed by atoms with van der Waals surface area (Å²) in [5.41, 5.74) is 5.53. The number of carbonyl (C=O) groups excluding carboxylic acids is 1. The molecule has 0 aliphatic rings. The number of amides is 1. The third kappa shape index (κ3) is 6.13. The van der Waals surface area contributed by atoms with Crippen LogP contribution in [0.2, 0.25) is 0 Å². The Morgan fingerprint density at radius 2 is 1.84 bits per heavy atom. The molecule has 8 heteroatoms. The number of rotatable bonds is 9. The number of nitrogens with zero attached hydrogens (tertiary/aromatic N) is 3. The minimum atomic E-state index is -0.0709. The van der Waals surface area contributed by atoms with E-state index in [2.05, 4.69) is 50.5 Å². The fourth-order valence-electron chi connectivity index (χ4n) is 3.43. The predicted molar refractivity (Wildman–Crippen MR) is 134 cm³/mol. The molecule has 32 heavy (non-hydrogen) atoms. The van der Waals surface area contributed by atoms with Crippen molar-refractivity contribution in [2.75, 3.05) is 18.2 Å². The van der Waals surface area contributed by atoms with Gasteiger partial charge in [-0.3, -0.25) is 4.79 Å². The minimum absolute atomic E-state index is 0.0709. The maximum Gasteiger partial charge on any atom is 0.234 e. The van der Waals surface area contributed by atoms with Crippen LogP contribution in [0.25, 0.3) is 0 Å². The Morgan fingerprint density at radius 1 is 1.09 bits per heavy atom. The van der Waals surface area contributed by atoms with E-state index in [0.717, 1.165) is 57.3 Å². The lowest BCUT2D eigenvalue weighted by atomic mass is 10.0. The summed E-state index contributed by atoms with van der Waals surface area (Å²) in [6, 6.07) is 10.3. The van der Waals surface area contributed by atoms with Gasteiger partial charge in [0.15, 0.2) is 5.16 Å². The number of halogens is 1. The standard InChI is InChI=1S/C24H29BrN4O2S/c1-15-12-19(25)20(13-16(15)2)26-23(30)14-32-24-28-27-22(29(24)4)8-6-7-18-9-10-21(31-5)17(3)11-18/h9-13H,6-8,14H2,1-5H3,(H,26,30). The molecule has 6 nitrogen and oxygen atoms in total. The summed E-state index contributed by atoms with van der Waals surface area (Å²) in [5.74, 6) is 2.04. The summed E-state index contributed by atoms with van der Waals surface area (Å²) >= 11 is 4.91. The summed E-state index contributed by atoms with van der Waals surface area (Å²) in [6.45, 7) is 6.14. The third-order valence-corrected chi connectivity index (χ3v) is 7.12. The largest absolute Gasteiger partial charge is 0.496 e. The van der Waals surface area contributed by atoms with Crippen LogP contribution in [0.1, 0.15) is 34.5 Å². The van der Waals surface area contributed by atoms with Gasteiger partial charge in [-0.25, -0.2) is 0 Å². The second-order valence-corrected chi connectivity index (χ2v) is 9.67. The van der Waals surface area contributed by atoms with Crippen molar-refractivity contribution in [3.05, 3.63) is 62.9 Å². The van der Waals surface area contributed by atoms with E-state index in [1.807, 2.05) is 43.7 Å². The highest BCUT2D eigenvalue weighted by Gasteiger charge is 2.13. The number of ether oxygens (including phenoxy) is 1. The highest BCUT2D eigenvalue weighted by atomic mass is 79.9. The number of thioether (sulfide) groups is 1. The average molecular weight is 517 g/mol. The van der Waals surface area contributed by atoms with Crippen molar-refractivity contribution in [2.45, 2.75) is 45.2 Å². The first-order valence-corrected chi connectivity index (χ1v) is 12.3. The Morgan fingerprint density at radius 3 is 2.56 bits per heavy atom. The monoisotopic (exact) mass is 516 g/mol. The van der Waals surface area contributed by atoms with Gasteiger partial charge in [-0.2, -0.15) is 0 Å². The predicted octanol–water partition coefficient (Wildman–Crippen LogP) is 5.42. The summed E-state index contributed by atoms with van der Waals surface area (Å²) in [7, 11) is 3.64. The van der Waals surface area contributed by atoms with E-state index in [4.69, 9.17) is 4.74 Å². The van der Waals surface area contributed by atoms with Gasteiger partial charge in [0.1, 0.15) is 11.6 Å². The molecule has 0 saturated carbocycles. The van der Waals surface area contributed by atoms with Crippen LogP contribution in [0.5, 0.6) is 5.75 Å². The van der Waals surface area contributed by atoms with Crippen LogP contribution >= 0.6 is 27.7 Å². The van der Waals surface area contributed by atoms with Gasteiger partial charge in [0.05, 0.1) is 18.6 Å². The van der Waals surface area contributed by atoms with Gasteiger partial charge in [0.25, 0.3) is 0 Å². The van der Waals surface area contributed by atoms with Crippen LogP contribution in [0.15, 0.2) is 40.0 Å². The van der Waals surface area contributed by atoms with Crippen molar-refractivity contribution in [3.8, 4) is 5.75 Å². The Bertz CT molecular complexity index is 1110. The van der Waals surface area contributed by atoms with E-state index in [0.29, 0.717) is 0 Å². The van der Waals surface area contributed by atoms with Gasteiger partial charge < -0.3 is 14.6 Å². The lowest BCUT2D eigenvalue weighted by molar-refractivity contribution is -0.113. The minimum Gasteiger partial charge on any atom is -0.496 e. The molecular weight excluding hydrogens is 488 g/mol. The van der Waals surface area contributed by atoms with Crippen molar-refractivity contribution in [1.82, 2.24) is 14.8 Å². The molecule has 0 aliphatic heterocycles. The fourth-order valence-corrected chi connectivity index (χ4v) is 4.72. The number of methoxy groups -OCH3 is 1. The molecule has 3 rings (SSSR count). The first-order valence-electron chi connectivity index (χ1n) is 10.5. The molecular formula is C24H29BrN4O2S. The lowest BCUT2D eigenvalue weighted by Gasteiger charge is -2.10. The summed E-state index contributed by atoms with van der Waals surface area (Å²) in [4.78, 5) is 12.4. The van der Waals surface area contributed by atoms with E-state index in [-0.39, 0.29) is 11.7 Å². The zero-order chi connectivity index (χ0) is 23.3. The molecule has 170 valence electrons. The van der Waals surface area contributed by atoms with Gasteiger partial charge >= 0.3 is 0 Å². The maximum atomic E-state index is 12.4. The van der Waals surface area contributed by atoms with Crippen molar-refractivity contribution in [2.24, 2.45) is 7.05 Å². The zero-order valence-electron chi connectivity index (χ0n) is 19.2. The molecule has 1 amide bonds. The number of hydrogen-bond acceptors (Lipinski definition) is 5. The Labute approximate surface area is 202 Å². The van der Waals surface area contributed by atoms with Gasteiger partial charge in [-0.1, -0.05) is 23.9 Å². The molecule has 1 N–H and O–H groups in total. The Balaban J connectivity index is 1.51. The molecule has 2 aromatic carbocycles. The normalized spacial score (nSPS) is 10.9. The summed E-state index contributed by atoms with van der Waals surface area (Å²) in [5, 5.41) is 12.3. The van der Waals surface area contributed by atoms with Crippen LogP contribution in [-0.2, 0) is 24.7 Å². The van der Waals surface area contributed by atoms with Gasteiger partial charge in [-0.15, -0.1) is 10.2 Å². The van der Waals surface area contributed by atoms with Crippen molar-refractivity contribution < 1.29 is 9.53 Å². The fraction of sp³-hybridized carbons (Fsp3) is 0.375. The van der Waals surface area contributed by atoms with Crippen LogP contribution < -0.4 is 10.1 Å². The van der Waals surface area contributed by atoms with Crippen LogP contribution in [0, 0.1) is 20.8 Å². The number of benzene rings is 2. The summed E-state index contributed by atoms with van der Waals surface area (Å²) in [6.07, 6.45) is 2.77. The van der Waals surface area contributed by atoms with Gasteiger partial charge in [0.2, 0.25) is 5.91 Å². The van der Waals surface area contributed by atoms with Crippen molar-refractivity contribution in [1.29, 1.82) is 0 Å². The van der Waals surface area contributed by atoms with Gasteiger partial charge in [0, 0.05) is 17.9 Å². The highest BCUT2D eigenvalue weighted by molar-refractivity contribution is 9.10. The molecule has 0 unspecified atom stereocenters. The second kappa shape index (κ2) is 11.0. The number of carbonyl (C=O) groups is 1. The molecule has 0 spiro atoms. The van der Waals surface area contributed by atoms with E-state index in [1.165, 1.54) is 22.9 Å². The second-order valence-electron chi connectivity index (χ2n) is 7.87. The molecule has 0 atom stereocenters. The topological polar surface area (TPSA) is 69.0 Å². The Kier molecular flexibility index (Phi) is 8.37. The summed E-state index contributed by atoms with van der Waals surface area (Å²) < 4.78 is 8.18. The zero-order valence-corrected chi connectivity index (χ0v) is 21.6. The number of aromatic nitrogens is 3. The smallest absolute Gasteiger partial charge is 0.234 e. The molecule has 0 saturated heterocycles. The van der Waals surface area contributed by atoms with Crippen LogP contribution in [-0.4, -0.2) is 33.5 Å². The SMILES string of the molecule is COc1ccc(CCCc2nnc(SCC(=O)Nc3cc(C)c(C)cc3Br)n2C)cc1C. The maximum absolute atomic E-state index is 12.4. The van der Waals surface area contributed by atoms with E-state index in [9.17, 15) is 4.79 Å². The molecule has 3 aromatic rings. The van der Waals surface area contributed by atoms with Crippen molar-refractivity contribution >= 4 is 39.3 Å². The molecule has 0 fully saturated rings. The Hall–Kier alpha value is -2.32. The number of nitrogens with one attached hydrogen (secondary N) is 1. The van der Waals surface area contributed by atoms with Crippen LogP contribution in [0.4, 0.5) is 5.69 Å². The van der Waals surface area contributed by atoms with Gasteiger partial charge in [-0.05, 0) is 90.0 Å². The first-order chi connectivity index (χ1) is 15.3. The molecule has 0 aliphatic carbocycles. The van der Waals surface area contributed by atoms with E-state index < -0.39 is 0 Å². The quantitative estimate of drug-likeness (QED) is 0.384. The number of hydrogen-bond donors (Lipinski definition) is 1. The lowest BCUT2D eigenvalue weighted by Crippen LogP contribution is -2.15. The molecule has 0 bridgehead atoms. The average Bonchev–Trinajstić information content (AvgIpc) is 3.10. The van der Waals surface area contributed by atoms with E-state index in [1.54, 1.807) is 7.11 Å². The first kappa shape index (κ1) is 24.3. The number of anilines is 1. The van der Waals surface area contributed by atoms with Crippen molar-refractivity contribution in [3.63, 3.8) is 0 Å². The number of aryl methyl sites for hydroxylation is 5. The third-order valence-electron chi connectivity index (χ3n) is 5.44. The van der Waals surface area contributed by atoms with E-state index >= 15 is 0 Å². The highest BCUT2D eigenvalue weighted by Crippen LogP contribution is 2.27. The molecule has 1 heterocycles.